The predicted octanol–water partition coefficient (Wildman–Crippen LogP) is 3.01. The van der Waals surface area contributed by atoms with E-state index >= 15 is 0 Å². The van der Waals surface area contributed by atoms with Crippen LogP contribution in [0.3, 0.4) is 0 Å². The average molecular weight is 539 g/mol. The van der Waals surface area contributed by atoms with Crippen molar-refractivity contribution in [1.29, 1.82) is 0 Å². The lowest BCUT2D eigenvalue weighted by Crippen LogP contribution is -2.44. The topological polar surface area (TPSA) is 120 Å². The fourth-order valence-corrected chi connectivity index (χ4v) is 5.82. The quantitative estimate of drug-likeness (QED) is 0.359. The molecule has 10 nitrogen and oxygen atoms in total. The maximum absolute atomic E-state index is 13.7. The standard InChI is InChI=1S/C24H24N4O5S.C3H6O/c1-14-18-22(30)28(16-9-11-26(2)21(16)29)24(31)27(12-8-15-6-4-5-7-17(15)32-3)23(18)34-19(14)20-25-10-13-33-20;1-2-3-4/h4-7,10,13,16H,8-9,11-12H2,1-3H3;2,4H,1,3H2. The second-order valence-corrected chi connectivity index (χ2v) is 9.78. The molecule has 1 aromatic carbocycles. The van der Waals surface area contributed by atoms with Crippen molar-refractivity contribution in [1.82, 2.24) is 19.0 Å². The van der Waals surface area contributed by atoms with Crippen molar-refractivity contribution in [3.05, 3.63) is 81.3 Å². The van der Waals surface area contributed by atoms with E-state index in [1.807, 2.05) is 31.2 Å². The number of aromatic nitrogens is 3. The van der Waals surface area contributed by atoms with Gasteiger partial charge in [0.15, 0.2) is 0 Å². The molecule has 0 bridgehead atoms. The largest absolute Gasteiger partial charge is 0.496 e. The molecular formula is C27H30N4O6S. The number of aliphatic hydroxyl groups excluding tert-OH is 1. The molecule has 1 atom stereocenters. The average Bonchev–Trinajstić information content (AvgIpc) is 3.65. The SMILES string of the molecule is C=CCO.COc1ccccc1CCn1c(=O)n(C2CCN(C)C2=O)c(=O)c2c(C)c(-c3ncco3)sc21. The van der Waals surface area contributed by atoms with Crippen LogP contribution in [0.1, 0.15) is 23.6 Å². The number of amides is 1. The Hall–Kier alpha value is -3.96. The molecule has 1 aliphatic rings. The Morgan fingerprint density at radius 1 is 1.29 bits per heavy atom. The van der Waals surface area contributed by atoms with E-state index < -0.39 is 17.3 Å². The number of likely N-dealkylation sites (tertiary alicyclic amines) is 1. The van der Waals surface area contributed by atoms with Crippen molar-refractivity contribution in [3.8, 4) is 16.5 Å². The zero-order chi connectivity index (χ0) is 27.4. The predicted molar refractivity (Wildman–Crippen MR) is 146 cm³/mol. The van der Waals surface area contributed by atoms with E-state index in [4.69, 9.17) is 14.3 Å². The number of likely N-dealkylation sites (N-methyl/N-ethyl adjacent to an activating group) is 1. The molecule has 1 fully saturated rings. The molecule has 1 N–H and O–H groups in total. The molecule has 0 spiro atoms. The van der Waals surface area contributed by atoms with E-state index in [0.717, 1.165) is 15.9 Å². The van der Waals surface area contributed by atoms with Gasteiger partial charge in [-0.05, 0) is 37.0 Å². The minimum Gasteiger partial charge on any atom is -0.496 e. The van der Waals surface area contributed by atoms with Gasteiger partial charge in [-0.1, -0.05) is 24.3 Å². The molecule has 1 amide bonds. The van der Waals surface area contributed by atoms with Crippen molar-refractivity contribution in [3.63, 3.8) is 0 Å². The number of thiophene rings is 1. The zero-order valence-electron chi connectivity index (χ0n) is 21.5. The number of aliphatic hydroxyl groups is 1. The number of benzene rings is 1. The lowest BCUT2D eigenvalue weighted by molar-refractivity contribution is -0.129. The summed E-state index contributed by atoms with van der Waals surface area (Å²) in [7, 11) is 3.29. The summed E-state index contributed by atoms with van der Waals surface area (Å²) in [5, 5.41) is 8.17. The third kappa shape index (κ3) is 4.94. The normalized spacial score (nSPS) is 15.0. The zero-order valence-corrected chi connectivity index (χ0v) is 22.4. The summed E-state index contributed by atoms with van der Waals surface area (Å²) in [5.41, 5.74) is 0.696. The van der Waals surface area contributed by atoms with Crippen LogP contribution in [-0.4, -0.2) is 57.3 Å². The van der Waals surface area contributed by atoms with Crippen molar-refractivity contribution < 1.29 is 19.1 Å². The van der Waals surface area contributed by atoms with Gasteiger partial charge in [0.1, 0.15) is 22.9 Å². The summed E-state index contributed by atoms with van der Waals surface area (Å²) in [5.74, 6) is 0.899. The van der Waals surface area contributed by atoms with Crippen LogP contribution in [0.25, 0.3) is 21.0 Å². The number of carbonyl (C=O) groups is 1. The number of hydrogen-bond donors (Lipinski definition) is 1. The molecule has 38 heavy (non-hydrogen) atoms. The number of oxazole rings is 1. The lowest BCUT2D eigenvalue weighted by Gasteiger charge is -2.17. The van der Waals surface area contributed by atoms with Crippen LogP contribution in [0.5, 0.6) is 5.75 Å². The number of methoxy groups -OCH3 is 1. The van der Waals surface area contributed by atoms with Gasteiger partial charge in [-0.3, -0.25) is 14.2 Å². The molecule has 1 unspecified atom stereocenters. The van der Waals surface area contributed by atoms with Gasteiger partial charge in [0, 0.05) is 20.1 Å². The maximum Gasteiger partial charge on any atom is 0.332 e. The summed E-state index contributed by atoms with van der Waals surface area (Å²) in [6, 6.07) is 6.82. The second kappa shape index (κ2) is 11.6. The van der Waals surface area contributed by atoms with E-state index in [1.54, 1.807) is 29.8 Å². The van der Waals surface area contributed by atoms with Crippen LogP contribution in [-0.2, 0) is 17.8 Å². The van der Waals surface area contributed by atoms with Crippen LogP contribution in [0.4, 0.5) is 0 Å². The molecule has 0 radical (unpaired) electrons. The summed E-state index contributed by atoms with van der Waals surface area (Å²) in [4.78, 5) is 47.2. The fraction of sp³-hybridized carbons (Fsp3) is 0.333. The highest BCUT2D eigenvalue weighted by atomic mass is 32.1. The van der Waals surface area contributed by atoms with E-state index in [2.05, 4.69) is 11.6 Å². The molecule has 1 aliphatic heterocycles. The summed E-state index contributed by atoms with van der Waals surface area (Å²) < 4.78 is 13.7. The van der Waals surface area contributed by atoms with Crippen LogP contribution in [0.2, 0.25) is 0 Å². The van der Waals surface area contributed by atoms with Gasteiger partial charge in [-0.2, -0.15) is 0 Å². The lowest BCUT2D eigenvalue weighted by atomic mass is 10.1. The molecule has 5 rings (SSSR count). The Bertz CT molecular complexity index is 1570. The van der Waals surface area contributed by atoms with Crippen molar-refractivity contribution in [2.75, 3.05) is 27.3 Å². The Balaban J connectivity index is 0.000000786. The van der Waals surface area contributed by atoms with E-state index in [1.165, 1.54) is 23.7 Å². The number of aryl methyl sites for hydroxylation is 3. The number of fused-ring (bicyclic) bond motifs is 1. The molecule has 200 valence electrons. The summed E-state index contributed by atoms with van der Waals surface area (Å²) in [6.45, 7) is 5.95. The number of ether oxygens (including phenoxy) is 1. The Morgan fingerprint density at radius 2 is 2.03 bits per heavy atom. The highest BCUT2D eigenvalue weighted by Crippen LogP contribution is 2.36. The third-order valence-electron chi connectivity index (χ3n) is 6.51. The second-order valence-electron chi connectivity index (χ2n) is 8.78. The number of carbonyl (C=O) groups excluding carboxylic acids is 1. The van der Waals surface area contributed by atoms with E-state index in [0.29, 0.717) is 52.5 Å². The highest BCUT2D eigenvalue weighted by Gasteiger charge is 2.34. The van der Waals surface area contributed by atoms with Crippen molar-refractivity contribution >= 4 is 27.5 Å². The third-order valence-corrected chi connectivity index (χ3v) is 7.81. The van der Waals surface area contributed by atoms with Gasteiger partial charge in [0.25, 0.3) is 5.56 Å². The summed E-state index contributed by atoms with van der Waals surface area (Å²) in [6.07, 6.45) is 5.37. The van der Waals surface area contributed by atoms with Gasteiger partial charge in [-0.15, -0.1) is 17.9 Å². The number of rotatable bonds is 7. The first-order chi connectivity index (χ1) is 18.3. The molecule has 0 aliphatic carbocycles. The molecule has 11 heteroatoms. The van der Waals surface area contributed by atoms with Crippen LogP contribution in [0, 0.1) is 6.92 Å². The smallest absolute Gasteiger partial charge is 0.332 e. The Morgan fingerprint density at radius 3 is 2.63 bits per heavy atom. The van der Waals surface area contributed by atoms with Crippen LogP contribution >= 0.6 is 11.3 Å². The van der Waals surface area contributed by atoms with Crippen molar-refractivity contribution in [2.24, 2.45) is 0 Å². The minimum atomic E-state index is -0.809. The van der Waals surface area contributed by atoms with Gasteiger partial charge in [-0.25, -0.2) is 14.3 Å². The Labute approximate surface area is 223 Å². The van der Waals surface area contributed by atoms with Gasteiger partial charge in [0.2, 0.25) is 11.8 Å². The first-order valence-corrected chi connectivity index (χ1v) is 12.9. The minimum absolute atomic E-state index is 0.0833. The van der Waals surface area contributed by atoms with Crippen LogP contribution < -0.4 is 16.0 Å². The van der Waals surface area contributed by atoms with Gasteiger partial charge < -0.3 is 19.2 Å². The fourth-order valence-electron chi connectivity index (χ4n) is 4.56. The van der Waals surface area contributed by atoms with Gasteiger partial charge >= 0.3 is 5.69 Å². The molecule has 1 saturated heterocycles. The molecule has 4 aromatic rings. The highest BCUT2D eigenvalue weighted by molar-refractivity contribution is 7.22. The van der Waals surface area contributed by atoms with Crippen LogP contribution in [0.15, 0.2) is 63.4 Å². The molecular weight excluding hydrogens is 508 g/mol. The summed E-state index contributed by atoms with van der Waals surface area (Å²) >= 11 is 1.30. The molecule has 4 heterocycles. The molecule has 3 aromatic heterocycles. The maximum atomic E-state index is 13.7. The van der Waals surface area contributed by atoms with E-state index in [-0.39, 0.29) is 12.5 Å². The van der Waals surface area contributed by atoms with Gasteiger partial charge in [0.05, 0.1) is 30.2 Å². The number of nitrogens with zero attached hydrogens (tertiary/aromatic N) is 4. The number of hydrogen-bond acceptors (Lipinski definition) is 8. The monoisotopic (exact) mass is 538 g/mol. The van der Waals surface area contributed by atoms with E-state index in [9.17, 15) is 14.4 Å². The number of para-hydroxylation sites is 1. The Kier molecular flexibility index (Phi) is 8.28. The van der Waals surface area contributed by atoms with Crippen molar-refractivity contribution in [2.45, 2.75) is 32.4 Å². The molecule has 0 saturated carbocycles. The first kappa shape index (κ1) is 27.1. The first-order valence-electron chi connectivity index (χ1n) is 12.1.